The Morgan fingerprint density at radius 1 is 1.34 bits per heavy atom. The Morgan fingerprint density at radius 3 is 2.83 bits per heavy atom. The summed E-state index contributed by atoms with van der Waals surface area (Å²) in [6.45, 7) is 4.26. The summed E-state index contributed by atoms with van der Waals surface area (Å²) in [5, 5.41) is 7.05. The molecule has 1 amide bonds. The molecule has 0 fully saturated rings. The summed E-state index contributed by atoms with van der Waals surface area (Å²) in [5.41, 5.74) is 1.62. The number of amides is 1. The van der Waals surface area contributed by atoms with Crippen LogP contribution in [0.2, 0.25) is 0 Å². The van der Waals surface area contributed by atoms with E-state index in [1.165, 1.54) is 10.7 Å². The number of nitrogens with one attached hydrogen (secondary N) is 1. The van der Waals surface area contributed by atoms with E-state index in [4.69, 9.17) is 4.74 Å². The van der Waals surface area contributed by atoms with Crippen LogP contribution in [-0.2, 0) is 0 Å². The van der Waals surface area contributed by atoms with E-state index in [0.717, 1.165) is 11.3 Å². The molecule has 1 aliphatic rings. The molecule has 1 atom stereocenters. The second kappa shape index (κ2) is 7.70. The van der Waals surface area contributed by atoms with Gasteiger partial charge in [-0.05, 0) is 27.9 Å². The number of rotatable bonds is 4. The number of halogens is 3. The molecule has 2 aromatic heterocycles. The summed E-state index contributed by atoms with van der Waals surface area (Å²) in [4.78, 5) is 17.3. The number of carbonyl (C=O) groups is 1. The number of fused-ring (bicyclic) bond motifs is 2. The van der Waals surface area contributed by atoms with Crippen LogP contribution in [0.1, 0.15) is 66.0 Å². The van der Waals surface area contributed by atoms with E-state index in [2.05, 4.69) is 31.3 Å². The molecule has 0 radical (unpaired) electrons. The Bertz CT molecular complexity index is 1080. The van der Waals surface area contributed by atoms with E-state index in [1.54, 1.807) is 0 Å². The van der Waals surface area contributed by atoms with Crippen molar-refractivity contribution in [3.8, 4) is 5.75 Å². The van der Waals surface area contributed by atoms with E-state index in [9.17, 15) is 13.6 Å². The number of aromatic nitrogens is 3. The van der Waals surface area contributed by atoms with Crippen LogP contribution in [0, 0.1) is 0 Å². The van der Waals surface area contributed by atoms with E-state index in [-0.39, 0.29) is 28.0 Å². The zero-order chi connectivity index (χ0) is 20.7. The maximum Gasteiger partial charge on any atom is 0.283 e. The Labute approximate surface area is 174 Å². The highest BCUT2D eigenvalue weighted by Crippen LogP contribution is 2.34. The maximum atomic E-state index is 13.3. The number of hydrogen-bond acceptors (Lipinski definition) is 4. The van der Waals surface area contributed by atoms with Crippen LogP contribution in [0.15, 0.2) is 34.9 Å². The molecule has 0 saturated heterocycles. The summed E-state index contributed by atoms with van der Waals surface area (Å²) < 4.78 is 33.7. The Balaban J connectivity index is 1.74. The molecule has 1 aromatic carbocycles. The van der Waals surface area contributed by atoms with Crippen molar-refractivity contribution in [2.75, 3.05) is 6.61 Å². The van der Waals surface area contributed by atoms with Gasteiger partial charge in [-0.15, -0.1) is 0 Å². The van der Waals surface area contributed by atoms with E-state index in [0.29, 0.717) is 24.3 Å². The highest BCUT2D eigenvalue weighted by molar-refractivity contribution is 9.10. The largest absolute Gasteiger partial charge is 0.493 e. The van der Waals surface area contributed by atoms with Gasteiger partial charge in [0.25, 0.3) is 12.3 Å². The summed E-state index contributed by atoms with van der Waals surface area (Å²) in [6.07, 6.45) is -0.687. The topological polar surface area (TPSA) is 68.5 Å². The van der Waals surface area contributed by atoms with Crippen LogP contribution in [0.5, 0.6) is 5.75 Å². The number of hydrogen-bond donors (Lipinski definition) is 1. The summed E-state index contributed by atoms with van der Waals surface area (Å²) in [6, 6.07) is 7.36. The van der Waals surface area contributed by atoms with Crippen LogP contribution in [-0.4, -0.2) is 27.1 Å². The van der Waals surface area contributed by atoms with Crippen molar-refractivity contribution in [2.45, 2.75) is 38.7 Å². The Kier molecular flexibility index (Phi) is 5.24. The first kappa shape index (κ1) is 19.8. The van der Waals surface area contributed by atoms with Gasteiger partial charge in [-0.3, -0.25) is 4.79 Å². The van der Waals surface area contributed by atoms with Crippen molar-refractivity contribution in [1.29, 1.82) is 0 Å². The second-order valence-electron chi connectivity index (χ2n) is 7.15. The van der Waals surface area contributed by atoms with Gasteiger partial charge in [-0.25, -0.2) is 18.3 Å². The number of alkyl halides is 2. The average molecular weight is 465 g/mol. The van der Waals surface area contributed by atoms with Crippen LogP contribution >= 0.6 is 15.9 Å². The fourth-order valence-electron chi connectivity index (χ4n) is 3.59. The first-order chi connectivity index (χ1) is 13.9. The minimum atomic E-state index is -2.75. The molecule has 0 spiro atoms. The van der Waals surface area contributed by atoms with Crippen molar-refractivity contribution >= 4 is 27.5 Å². The van der Waals surface area contributed by atoms with Crippen LogP contribution < -0.4 is 10.1 Å². The zero-order valence-corrected chi connectivity index (χ0v) is 17.4. The molecule has 1 aliphatic heterocycles. The molecule has 9 heteroatoms. The number of benzene rings is 1. The summed E-state index contributed by atoms with van der Waals surface area (Å²) in [7, 11) is 0. The normalized spacial score (nSPS) is 16.2. The van der Waals surface area contributed by atoms with Gasteiger partial charge in [0.15, 0.2) is 5.65 Å². The van der Waals surface area contributed by atoms with E-state index < -0.39 is 12.1 Å². The fraction of sp³-hybridized carbons (Fsp3) is 0.350. The van der Waals surface area contributed by atoms with Gasteiger partial charge in [0, 0.05) is 18.2 Å². The lowest BCUT2D eigenvalue weighted by Gasteiger charge is -2.27. The molecular weight excluding hydrogens is 446 g/mol. The van der Waals surface area contributed by atoms with Crippen molar-refractivity contribution in [3.63, 3.8) is 0 Å². The molecule has 4 rings (SSSR count). The van der Waals surface area contributed by atoms with Crippen molar-refractivity contribution in [1.82, 2.24) is 19.9 Å². The quantitative estimate of drug-likeness (QED) is 0.601. The Hall–Kier alpha value is -2.55. The summed E-state index contributed by atoms with van der Waals surface area (Å²) in [5.74, 6) is 0.287. The highest BCUT2D eigenvalue weighted by Gasteiger charge is 2.28. The lowest BCUT2D eigenvalue weighted by Crippen LogP contribution is -2.33. The van der Waals surface area contributed by atoms with Gasteiger partial charge >= 0.3 is 0 Å². The standard InChI is InChI=1S/C20H19BrF2N4O2/c1-10(2)17-12(9-24-19-15(21)16(18(22)23)26-27(17)19)20(28)25-13-7-8-29-14-6-4-3-5-11(13)14/h3-6,9-10,13,18H,7-8H2,1-2H3,(H,25,28)/t13-/m0/s1. The molecule has 29 heavy (non-hydrogen) atoms. The molecule has 3 heterocycles. The predicted molar refractivity (Wildman–Crippen MR) is 106 cm³/mol. The molecule has 3 aromatic rings. The van der Waals surface area contributed by atoms with Crippen molar-refractivity contribution in [2.24, 2.45) is 0 Å². The number of para-hydroxylation sites is 1. The first-order valence-corrected chi connectivity index (χ1v) is 10.1. The molecule has 0 saturated carbocycles. The maximum absolute atomic E-state index is 13.3. The van der Waals surface area contributed by atoms with E-state index in [1.807, 2.05) is 38.1 Å². The van der Waals surface area contributed by atoms with Crippen molar-refractivity contribution < 1.29 is 18.3 Å². The van der Waals surface area contributed by atoms with Crippen LogP contribution in [0.25, 0.3) is 5.65 Å². The predicted octanol–water partition coefficient (Wildman–Crippen LogP) is 4.81. The van der Waals surface area contributed by atoms with Gasteiger partial charge < -0.3 is 10.1 Å². The zero-order valence-electron chi connectivity index (χ0n) is 15.8. The summed E-state index contributed by atoms with van der Waals surface area (Å²) >= 11 is 3.15. The third-order valence-corrected chi connectivity index (χ3v) is 5.67. The fourth-order valence-corrected chi connectivity index (χ4v) is 4.11. The SMILES string of the molecule is CC(C)c1c(C(=O)N[C@H]2CCOc3ccccc32)cnc2c(Br)c(C(F)F)nn12. The molecule has 1 N–H and O–H groups in total. The second-order valence-corrected chi connectivity index (χ2v) is 7.94. The van der Waals surface area contributed by atoms with Gasteiger partial charge in [-0.1, -0.05) is 32.0 Å². The van der Waals surface area contributed by atoms with Crippen LogP contribution in [0.4, 0.5) is 8.78 Å². The molecule has 0 bridgehead atoms. The van der Waals surface area contributed by atoms with Gasteiger partial charge in [0.05, 0.1) is 28.4 Å². The monoisotopic (exact) mass is 464 g/mol. The minimum Gasteiger partial charge on any atom is -0.493 e. The molecule has 0 unspecified atom stereocenters. The minimum absolute atomic E-state index is 0.138. The van der Waals surface area contributed by atoms with E-state index >= 15 is 0 Å². The van der Waals surface area contributed by atoms with Gasteiger partial charge in [0.1, 0.15) is 11.4 Å². The average Bonchev–Trinajstić information content (AvgIpc) is 3.04. The first-order valence-electron chi connectivity index (χ1n) is 9.26. The third-order valence-electron chi connectivity index (χ3n) is 4.91. The lowest BCUT2D eigenvalue weighted by molar-refractivity contribution is 0.0922. The van der Waals surface area contributed by atoms with Gasteiger partial charge in [0.2, 0.25) is 0 Å². The molecule has 152 valence electrons. The Morgan fingerprint density at radius 2 is 2.10 bits per heavy atom. The molecule has 0 aliphatic carbocycles. The number of ether oxygens (including phenoxy) is 1. The number of carbonyl (C=O) groups excluding carboxylic acids is 1. The van der Waals surface area contributed by atoms with Gasteiger partial charge in [-0.2, -0.15) is 5.10 Å². The van der Waals surface area contributed by atoms with Crippen LogP contribution in [0.3, 0.4) is 0 Å². The third kappa shape index (κ3) is 3.48. The van der Waals surface area contributed by atoms with Crippen molar-refractivity contribution in [3.05, 3.63) is 57.4 Å². The number of nitrogens with zero attached hydrogens (tertiary/aromatic N) is 3. The highest BCUT2D eigenvalue weighted by atomic mass is 79.9. The lowest BCUT2D eigenvalue weighted by atomic mass is 9.99. The molecular formula is C20H19BrF2N4O2. The smallest absolute Gasteiger partial charge is 0.283 e. The molecule has 6 nitrogen and oxygen atoms in total.